The van der Waals surface area contributed by atoms with Gasteiger partial charge in [-0.05, 0) is 37.3 Å². The molecule has 0 amide bonds. The molecule has 1 unspecified atom stereocenters. The lowest BCUT2D eigenvalue weighted by atomic mass is 10.2. The van der Waals surface area contributed by atoms with E-state index in [0.29, 0.717) is 0 Å². The standard InChI is InChI=1S/C13H16N2/c1-3-11(4-2)14-13-9-8-10-6-5-7-12(10)15-13/h1,8-9,11H,4-7H2,2H3,(H,14,15). The zero-order valence-corrected chi connectivity index (χ0v) is 9.09. The topological polar surface area (TPSA) is 24.9 Å². The van der Waals surface area contributed by atoms with Crippen LogP contribution in [0.1, 0.15) is 31.0 Å². The summed E-state index contributed by atoms with van der Waals surface area (Å²) in [6, 6.07) is 4.29. The summed E-state index contributed by atoms with van der Waals surface area (Å²) in [5, 5.41) is 3.26. The quantitative estimate of drug-likeness (QED) is 0.758. The van der Waals surface area contributed by atoms with Crippen LogP contribution in [0.5, 0.6) is 0 Å². The van der Waals surface area contributed by atoms with E-state index in [-0.39, 0.29) is 6.04 Å². The SMILES string of the molecule is C#CC(CC)Nc1ccc2c(n1)CCC2. The number of hydrogen-bond acceptors (Lipinski definition) is 2. The number of terminal acetylenes is 1. The third kappa shape index (κ3) is 2.12. The van der Waals surface area contributed by atoms with Gasteiger partial charge in [-0.25, -0.2) is 4.98 Å². The van der Waals surface area contributed by atoms with E-state index in [4.69, 9.17) is 6.42 Å². The van der Waals surface area contributed by atoms with Crippen molar-refractivity contribution in [3.05, 3.63) is 23.4 Å². The van der Waals surface area contributed by atoms with Crippen molar-refractivity contribution >= 4 is 5.82 Å². The predicted molar refractivity (Wildman–Crippen MR) is 62.8 cm³/mol. The van der Waals surface area contributed by atoms with E-state index in [2.05, 4.69) is 29.2 Å². The molecular weight excluding hydrogens is 184 g/mol. The summed E-state index contributed by atoms with van der Waals surface area (Å²) in [4.78, 5) is 4.58. The van der Waals surface area contributed by atoms with E-state index < -0.39 is 0 Å². The van der Waals surface area contributed by atoms with E-state index in [1.807, 2.05) is 6.07 Å². The van der Waals surface area contributed by atoms with Crippen LogP contribution in [-0.2, 0) is 12.8 Å². The van der Waals surface area contributed by atoms with Crippen molar-refractivity contribution in [1.29, 1.82) is 0 Å². The zero-order valence-electron chi connectivity index (χ0n) is 9.09. The summed E-state index contributed by atoms with van der Waals surface area (Å²) >= 11 is 0. The Morgan fingerprint density at radius 3 is 3.13 bits per heavy atom. The van der Waals surface area contributed by atoms with Crippen LogP contribution in [-0.4, -0.2) is 11.0 Å². The number of aryl methyl sites for hydroxylation is 2. The molecule has 1 N–H and O–H groups in total. The van der Waals surface area contributed by atoms with Crippen LogP contribution >= 0.6 is 0 Å². The van der Waals surface area contributed by atoms with Crippen LogP contribution in [0.25, 0.3) is 0 Å². The molecule has 0 bridgehead atoms. The molecule has 0 spiro atoms. The molecule has 0 saturated heterocycles. The molecule has 15 heavy (non-hydrogen) atoms. The molecule has 1 aliphatic rings. The normalized spacial score (nSPS) is 15.5. The highest BCUT2D eigenvalue weighted by Crippen LogP contribution is 2.21. The third-order valence-corrected chi connectivity index (χ3v) is 2.86. The number of nitrogens with one attached hydrogen (secondary N) is 1. The van der Waals surface area contributed by atoms with Crippen LogP contribution in [0, 0.1) is 12.3 Å². The second-order valence-electron chi connectivity index (χ2n) is 3.93. The number of pyridine rings is 1. The number of rotatable bonds is 3. The van der Waals surface area contributed by atoms with Crippen molar-refractivity contribution in [3.8, 4) is 12.3 Å². The molecule has 2 nitrogen and oxygen atoms in total. The van der Waals surface area contributed by atoms with Crippen LogP contribution < -0.4 is 5.32 Å². The van der Waals surface area contributed by atoms with Crippen molar-refractivity contribution in [2.45, 2.75) is 38.6 Å². The first-order valence-electron chi connectivity index (χ1n) is 5.55. The second-order valence-corrected chi connectivity index (χ2v) is 3.93. The van der Waals surface area contributed by atoms with Gasteiger partial charge in [0.1, 0.15) is 5.82 Å². The molecule has 1 heterocycles. The second kappa shape index (κ2) is 4.35. The van der Waals surface area contributed by atoms with Gasteiger partial charge in [0.05, 0.1) is 6.04 Å². The molecule has 1 aromatic heterocycles. The highest BCUT2D eigenvalue weighted by molar-refractivity contribution is 5.42. The third-order valence-electron chi connectivity index (χ3n) is 2.86. The fourth-order valence-electron chi connectivity index (χ4n) is 1.94. The van der Waals surface area contributed by atoms with E-state index in [1.54, 1.807) is 0 Å². The molecule has 0 aliphatic heterocycles. The Hall–Kier alpha value is -1.49. The van der Waals surface area contributed by atoms with Gasteiger partial charge in [-0.3, -0.25) is 0 Å². The lowest BCUT2D eigenvalue weighted by Gasteiger charge is -2.12. The first-order valence-corrected chi connectivity index (χ1v) is 5.55. The summed E-state index contributed by atoms with van der Waals surface area (Å²) in [7, 11) is 0. The van der Waals surface area contributed by atoms with Crippen LogP contribution in [0.15, 0.2) is 12.1 Å². The van der Waals surface area contributed by atoms with Crippen molar-refractivity contribution in [2.75, 3.05) is 5.32 Å². The Bertz CT molecular complexity index is 390. The van der Waals surface area contributed by atoms with Gasteiger partial charge in [-0.15, -0.1) is 6.42 Å². The minimum atomic E-state index is 0.0944. The average Bonchev–Trinajstić information content (AvgIpc) is 2.73. The predicted octanol–water partition coefficient (Wildman–Crippen LogP) is 2.39. The van der Waals surface area contributed by atoms with Gasteiger partial charge >= 0.3 is 0 Å². The van der Waals surface area contributed by atoms with E-state index >= 15 is 0 Å². The van der Waals surface area contributed by atoms with E-state index in [1.165, 1.54) is 24.1 Å². The highest BCUT2D eigenvalue weighted by Gasteiger charge is 2.12. The number of anilines is 1. The fourth-order valence-corrected chi connectivity index (χ4v) is 1.94. The molecular formula is C13H16N2. The zero-order chi connectivity index (χ0) is 10.7. The summed E-state index contributed by atoms with van der Waals surface area (Å²) in [5.74, 6) is 3.63. The molecule has 0 aromatic carbocycles. The Morgan fingerprint density at radius 1 is 1.53 bits per heavy atom. The fraction of sp³-hybridized carbons (Fsp3) is 0.462. The highest BCUT2D eigenvalue weighted by atomic mass is 15.0. The number of nitrogens with zero attached hydrogens (tertiary/aromatic N) is 1. The Morgan fingerprint density at radius 2 is 2.40 bits per heavy atom. The smallest absolute Gasteiger partial charge is 0.127 e. The minimum absolute atomic E-state index is 0.0944. The maximum Gasteiger partial charge on any atom is 0.127 e. The first kappa shape index (κ1) is 10.0. The summed E-state index contributed by atoms with van der Waals surface area (Å²) in [5.41, 5.74) is 2.64. The number of hydrogen-bond donors (Lipinski definition) is 1. The monoisotopic (exact) mass is 200 g/mol. The van der Waals surface area contributed by atoms with Gasteiger partial charge < -0.3 is 5.32 Å². The van der Waals surface area contributed by atoms with E-state index in [9.17, 15) is 0 Å². The molecule has 0 saturated carbocycles. The molecule has 1 aliphatic carbocycles. The molecule has 78 valence electrons. The minimum Gasteiger partial charge on any atom is -0.356 e. The first-order chi connectivity index (χ1) is 7.33. The summed E-state index contributed by atoms with van der Waals surface area (Å²) < 4.78 is 0. The summed E-state index contributed by atoms with van der Waals surface area (Å²) in [6.45, 7) is 2.07. The van der Waals surface area contributed by atoms with Crippen molar-refractivity contribution in [2.24, 2.45) is 0 Å². The maximum atomic E-state index is 5.40. The molecule has 1 atom stereocenters. The molecule has 1 aromatic rings. The number of aromatic nitrogens is 1. The van der Waals surface area contributed by atoms with Crippen LogP contribution in [0.3, 0.4) is 0 Å². The number of fused-ring (bicyclic) bond motifs is 1. The van der Waals surface area contributed by atoms with Gasteiger partial charge in [0, 0.05) is 5.69 Å². The van der Waals surface area contributed by atoms with E-state index in [0.717, 1.165) is 18.7 Å². The van der Waals surface area contributed by atoms with Gasteiger partial charge in [0.2, 0.25) is 0 Å². The van der Waals surface area contributed by atoms with Crippen molar-refractivity contribution in [3.63, 3.8) is 0 Å². The average molecular weight is 200 g/mol. The largest absolute Gasteiger partial charge is 0.356 e. The Labute approximate surface area is 91.1 Å². The van der Waals surface area contributed by atoms with Gasteiger partial charge in [0.15, 0.2) is 0 Å². The molecule has 0 fully saturated rings. The van der Waals surface area contributed by atoms with Crippen LogP contribution in [0.2, 0.25) is 0 Å². The van der Waals surface area contributed by atoms with Crippen LogP contribution in [0.4, 0.5) is 5.82 Å². The molecule has 2 heteroatoms. The lowest BCUT2D eigenvalue weighted by molar-refractivity contribution is 0.846. The lowest BCUT2D eigenvalue weighted by Crippen LogP contribution is -2.16. The van der Waals surface area contributed by atoms with Crippen molar-refractivity contribution in [1.82, 2.24) is 4.98 Å². The maximum absolute atomic E-state index is 5.40. The summed E-state index contributed by atoms with van der Waals surface area (Å²) in [6.07, 6.45) is 9.85. The van der Waals surface area contributed by atoms with Crippen molar-refractivity contribution < 1.29 is 0 Å². The Kier molecular flexibility index (Phi) is 2.91. The van der Waals surface area contributed by atoms with Gasteiger partial charge in [-0.2, -0.15) is 0 Å². The Balaban J connectivity index is 2.13. The van der Waals surface area contributed by atoms with Gasteiger partial charge in [-0.1, -0.05) is 18.9 Å². The molecule has 2 rings (SSSR count). The molecule has 0 radical (unpaired) electrons. The van der Waals surface area contributed by atoms with Gasteiger partial charge in [0.25, 0.3) is 0 Å².